The van der Waals surface area contributed by atoms with Gasteiger partial charge in [-0.1, -0.05) is 48.5 Å². The average molecular weight is 408 g/mol. The maximum Gasteiger partial charge on any atom is 0.231 e. The Kier molecular flexibility index (Phi) is 3.90. The second-order valence-corrected chi connectivity index (χ2v) is 7.55. The topological polar surface area (TPSA) is 43.7 Å². The van der Waals surface area contributed by atoms with Gasteiger partial charge in [-0.2, -0.15) is 4.39 Å². The molecule has 31 heavy (non-hydrogen) atoms. The van der Waals surface area contributed by atoms with Crippen LogP contribution in [-0.4, -0.2) is 18.0 Å². The molecule has 0 aliphatic carbocycles. The second-order valence-electron chi connectivity index (χ2n) is 7.55. The standard InChI is InChI=1S/C26H17FN2O2/c27-25-21(8-4-12-28-25)17-6-3-7-19(13-17)26(22-9-2-1-5-18(22)15-29-26)20-10-11-23-24(14-20)31-16-30-23/h1-15H,16H2. The summed E-state index contributed by atoms with van der Waals surface area (Å²) in [5, 5.41) is 0. The van der Waals surface area contributed by atoms with Crippen LogP contribution in [0.4, 0.5) is 4.39 Å². The zero-order valence-electron chi connectivity index (χ0n) is 16.5. The lowest BCUT2D eigenvalue weighted by Gasteiger charge is -2.30. The summed E-state index contributed by atoms with van der Waals surface area (Å²) in [5.74, 6) is 0.929. The van der Waals surface area contributed by atoms with Crippen molar-refractivity contribution < 1.29 is 13.9 Å². The molecule has 0 N–H and O–H groups in total. The fourth-order valence-electron chi connectivity index (χ4n) is 4.44. The zero-order chi connectivity index (χ0) is 20.8. The summed E-state index contributed by atoms with van der Waals surface area (Å²) in [4.78, 5) is 8.83. The van der Waals surface area contributed by atoms with Crippen LogP contribution in [0.2, 0.25) is 0 Å². The first-order valence-electron chi connectivity index (χ1n) is 10.0. The lowest BCUT2D eigenvalue weighted by atomic mass is 9.77. The van der Waals surface area contributed by atoms with Gasteiger partial charge in [0.1, 0.15) is 5.54 Å². The molecule has 0 spiro atoms. The summed E-state index contributed by atoms with van der Waals surface area (Å²) < 4.78 is 25.6. The Balaban J connectivity index is 1.60. The van der Waals surface area contributed by atoms with Crippen LogP contribution < -0.4 is 9.47 Å². The number of ether oxygens (including phenoxy) is 2. The quantitative estimate of drug-likeness (QED) is 0.430. The number of hydrogen-bond donors (Lipinski definition) is 0. The van der Waals surface area contributed by atoms with Crippen LogP contribution in [0.25, 0.3) is 11.1 Å². The molecule has 4 nitrogen and oxygen atoms in total. The van der Waals surface area contributed by atoms with Crippen molar-refractivity contribution in [2.24, 2.45) is 4.99 Å². The van der Waals surface area contributed by atoms with E-state index in [1.54, 1.807) is 12.1 Å². The van der Waals surface area contributed by atoms with Gasteiger partial charge in [0.15, 0.2) is 11.5 Å². The molecule has 0 saturated heterocycles. The molecule has 0 bridgehead atoms. The van der Waals surface area contributed by atoms with E-state index in [0.29, 0.717) is 11.3 Å². The Labute approximate surface area is 178 Å². The third-order valence-electron chi connectivity index (χ3n) is 5.89. The smallest absolute Gasteiger partial charge is 0.231 e. The van der Waals surface area contributed by atoms with E-state index in [-0.39, 0.29) is 6.79 Å². The van der Waals surface area contributed by atoms with E-state index < -0.39 is 11.5 Å². The first-order valence-corrected chi connectivity index (χ1v) is 10.0. The molecule has 0 radical (unpaired) electrons. The van der Waals surface area contributed by atoms with Crippen molar-refractivity contribution in [3.8, 4) is 22.6 Å². The molecule has 3 heterocycles. The molecule has 0 saturated carbocycles. The Bertz CT molecular complexity index is 1350. The highest BCUT2D eigenvalue weighted by Crippen LogP contribution is 2.48. The maximum absolute atomic E-state index is 14.4. The summed E-state index contributed by atoms with van der Waals surface area (Å²) in [6.45, 7) is 0.210. The van der Waals surface area contributed by atoms with Gasteiger partial charge in [-0.3, -0.25) is 4.99 Å². The maximum atomic E-state index is 14.4. The number of pyridine rings is 1. The summed E-state index contributed by atoms with van der Waals surface area (Å²) in [5.41, 5.74) is 4.46. The number of hydrogen-bond acceptors (Lipinski definition) is 4. The highest BCUT2D eigenvalue weighted by Gasteiger charge is 2.41. The fourth-order valence-corrected chi connectivity index (χ4v) is 4.44. The van der Waals surface area contributed by atoms with E-state index in [4.69, 9.17) is 14.5 Å². The van der Waals surface area contributed by atoms with E-state index in [9.17, 15) is 4.39 Å². The number of rotatable bonds is 3. The molecular formula is C26H17FN2O2. The van der Waals surface area contributed by atoms with Crippen LogP contribution >= 0.6 is 0 Å². The molecule has 1 unspecified atom stereocenters. The minimum absolute atomic E-state index is 0.210. The number of halogens is 1. The Morgan fingerprint density at radius 2 is 1.68 bits per heavy atom. The lowest BCUT2D eigenvalue weighted by molar-refractivity contribution is 0.174. The van der Waals surface area contributed by atoms with E-state index in [2.05, 4.69) is 17.1 Å². The minimum atomic E-state index is -0.772. The van der Waals surface area contributed by atoms with E-state index in [1.165, 1.54) is 6.20 Å². The van der Waals surface area contributed by atoms with Gasteiger partial charge >= 0.3 is 0 Å². The molecule has 1 aromatic heterocycles. The molecule has 150 valence electrons. The van der Waals surface area contributed by atoms with E-state index >= 15 is 0 Å². The van der Waals surface area contributed by atoms with E-state index in [1.807, 2.05) is 60.8 Å². The summed E-state index contributed by atoms with van der Waals surface area (Å²) in [6.07, 6.45) is 3.35. The van der Waals surface area contributed by atoms with Crippen molar-refractivity contribution in [1.29, 1.82) is 0 Å². The Hall–Kier alpha value is -3.99. The summed E-state index contributed by atoms with van der Waals surface area (Å²) >= 11 is 0. The van der Waals surface area contributed by atoms with Crippen molar-refractivity contribution in [2.75, 3.05) is 6.79 Å². The van der Waals surface area contributed by atoms with Gasteiger partial charge in [-0.05, 0) is 58.1 Å². The van der Waals surface area contributed by atoms with Gasteiger partial charge < -0.3 is 9.47 Å². The zero-order valence-corrected chi connectivity index (χ0v) is 16.5. The molecule has 3 aromatic carbocycles. The highest BCUT2D eigenvalue weighted by atomic mass is 19.1. The Morgan fingerprint density at radius 3 is 2.61 bits per heavy atom. The van der Waals surface area contributed by atoms with Crippen LogP contribution in [-0.2, 0) is 5.54 Å². The summed E-state index contributed by atoms with van der Waals surface area (Å²) in [7, 11) is 0. The lowest BCUT2D eigenvalue weighted by Crippen LogP contribution is -2.25. The van der Waals surface area contributed by atoms with Crippen LogP contribution in [0.3, 0.4) is 0 Å². The number of fused-ring (bicyclic) bond motifs is 2. The van der Waals surface area contributed by atoms with Gasteiger partial charge in [-0.15, -0.1) is 0 Å². The molecule has 0 fully saturated rings. The second kappa shape index (κ2) is 6.77. The van der Waals surface area contributed by atoms with Crippen molar-refractivity contribution >= 4 is 6.21 Å². The highest BCUT2D eigenvalue weighted by molar-refractivity contribution is 5.89. The van der Waals surface area contributed by atoms with Crippen LogP contribution in [0.1, 0.15) is 22.3 Å². The summed E-state index contributed by atoms with van der Waals surface area (Å²) in [6, 6.07) is 25.4. The number of aliphatic imine (C=N–C) groups is 1. The van der Waals surface area contributed by atoms with Crippen LogP contribution in [0, 0.1) is 5.95 Å². The molecule has 2 aliphatic rings. The SMILES string of the molecule is Fc1ncccc1-c1cccc(C2(c3ccc4c(c3)OCO4)N=Cc3ccccc32)c1. The molecule has 0 amide bonds. The molecule has 5 heteroatoms. The minimum Gasteiger partial charge on any atom is -0.454 e. The fraction of sp³-hybridized carbons (Fsp3) is 0.0769. The van der Waals surface area contributed by atoms with Gasteiger partial charge in [0.25, 0.3) is 0 Å². The van der Waals surface area contributed by atoms with Gasteiger partial charge in [-0.25, -0.2) is 4.98 Å². The molecular weight excluding hydrogens is 391 g/mol. The third kappa shape index (κ3) is 2.66. The van der Waals surface area contributed by atoms with Gasteiger partial charge in [0, 0.05) is 18.0 Å². The third-order valence-corrected chi connectivity index (χ3v) is 5.89. The van der Waals surface area contributed by atoms with Crippen LogP contribution in [0.5, 0.6) is 11.5 Å². The normalized spacial score (nSPS) is 18.2. The average Bonchev–Trinajstić information content (AvgIpc) is 3.44. The first-order chi connectivity index (χ1) is 15.3. The van der Waals surface area contributed by atoms with Crippen molar-refractivity contribution in [2.45, 2.75) is 5.54 Å². The van der Waals surface area contributed by atoms with Gasteiger partial charge in [0.05, 0.1) is 0 Å². The molecule has 6 rings (SSSR count). The van der Waals surface area contributed by atoms with Crippen molar-refractivity contribution in [1.82, 2.24) is 4.98 Å². The monoisotopic (exact) mass is 408 g/mol. The van der Waals surface area contributed by atoms with Gasteiger partial charge in [0.2, 0.25) is 12.7 Å². The van der Waals surface area contributed by atoms with Crippen LogP contribution in [0.15, 0.2) is 90.1 Å². The molecule has 2 aliphatic heterocycles. The largest absolute Gasteiger partial charge is 0.454 e. The van der Waals surface area contributed by atoms with E-state index in [0.717, 1.165) is 33.6 Å². The predicted octanol–water partition coefficient (Wildman–Crippen LogP) is 5.34. The number of nitrogens with zero attached hydrogens (tertiary/aromatic N) is 2. The number of aromatic nitrogens is 1. The van der Waals surface area contributed by atoms with Crippen molar-refractivity contribution in [3.05, 3.63) is 113 Å². The molecule has 1 atom stereocenters. The predicted molar refractivity (Wildman–Crippen MR) is 116 cm³/mol. The molecule has 4 aromatic rings. The number of benzene rings is 3. The van der Waals surface area contributed by atoms with Crippen molar-refractivity contribution in [3.63, 3.8) is 0 Å². The Morgan fingerprint density at radius 1 is 0.806 bits per heavy atom. The first kappa shape index (κ1) is 17.8.